The van der Waals surface area contributed by atoms with Crippen LogP contribution in [0.15, 0.2) is 42.5 Å². The number of anilines is 1. The summed E-state index contributed by atoms with van der Waals surface area (Å²) in [5, 5.41) is 0. The highest BCUT2D eigenvalue weighted by atomic mass is 127. The third-order valence-electron chi connectivity index (χ3n) is 2.49. The first-order valence-corrected chi connectivity index (χ1v) is 6.11. The lowest BCUT2D eigenvalue weighted by Gasteiger charge is -2.08. The summed E-state index contributed by atoms with van der Waals surface area (Å²) in [7, 11) is 0. The van der Waals surface area contributed by atoms with E-state index < -0.39 is 5.91 Å². The minimum Gasteiger partial charge on any atom is -0.399 e. The average Bonchev–Trinajstić information content (AvgIpc) is 2.30. The number of hydrogen-bond donors (Lipinski definition) is 2. The Labute approximate surface area is 113 Å². The van der Waals surface area contributed by atoms with Crippen LogP contribution in [0, 0.1) is 3.57 Å². The summed E-state index contributed by atoms with van der Waals surface area (Å²) >= 11 is 2.14. The number of halogens is 1. The van der Waals surface area contributed by atoms with E-state index in [2.05, 4.69) is 22.6 Å². The number of rotatable bonds is 2. The van der Waals surface area contributed by atoms with E-state index in [0.29, 0.717) is 5.56 Å². The van der Waals surface area contributed by atoms with Crippen molar-refractivity contribution < 1.29 is 4.79 Å². The number of nitrogens with two attached hydrogens (primary N) is 2. The lowest BCUT2D eigenvalue weighted by molar-refractivity contribution is 0.0999. The number of benzene rings is 2. The zero-order chi connectivity index (χ0) is 12.4. The summed E-state index contributed by atoms with van der Waals surface area (Å²) in [4.78, 5) is 11.3. The van der Waals surface area contributed by atoms with Crippen LogP contribution >= 0.6 is 22.6 Å². The van der Waals surface area contributed by atoms with Crippen LogP contribution in [0.25, 0.3) is 11.1 Å². The van der Waals surface area contributed by atoms with Crippen molar-refractivity contribution in [3.8, 4) is 11.1 Å². The number of nitrogen functional groups attached to an aromatic ring is 1. The second-order valence-corrected chi connectivity index (χ2v) is 4.73. The first-order chi connectivity index (χ1) is 8.09. The fourth-order valence-electron chi connectivity index (χ4n) is 1.61. The van der Waals surface area contributed by atoms with Gasteiger partial charge in [0, 0.05) is 9.26 Å². The van der Waals surface area contributed by atoms with Gasteiger partial charge < -0.3 is 11.5 Å². The number of carbonyl (C=O) groups is 1. The fourth-order valence-corrected chi connectivity index (χ4v) is 2.54. The Balaban J connectivity index is 2.56. The Morgan fingerprint density at radius 3 is 2.29 bits per heavy atom. The van der Waals surface area contributed by atoms with Gasteiger partial charge in [0.25, 0.3) is 0 Å². The highest BCUT2D eigenvalue weighted by Crippen LogP contribution is 2.28. The molecule has 3 nitrogen and oxygen atoms in total. The van der Waals surface area contributed by atoms with E-state index in [0.717, 1.165) is 20.4 Å². The Hall–Kier alpha value is -1.56. The molecule has 2 aromatic carbocycles. The Kier molecular flexibility index (Phi) is 3.33. The molecule has 0 bridgehead atoms. The number of amides is 1. The van der Waals surface area contributed by atoms with Gasteiger partial charge >= 0.3 is 0 Å². The molecule has 0 radical (unpaired) electrons. The van der Waals surface area contributed by atoms with E-state index >= 15 is 0 Å². The van der Waals surface area contributed by atoms with Crippen LogP contribution in [0.3, 0.4) is 0 Å². The van der Waals surface area contributed by atoms with Gasteiger partial charge in [-0.1, -0.05) is 24.3 Å². The minimum absolute atomic E-state index is 0.410. The molecule has 0 heterocycles. The van der Waals surface area contributed by atoms with Crippen LogP contribution in [0.2, 0.25) is 0 Å². The molecule has 0 aromatic heterocycles. The molecule has 2 aromatic rings. The van der Waals surface area contributed by atoms with Crippen LogP contribution in [-0.4, -0.2) is 5.91 Å². The van der Waals surface area contributed by atoms with Crippen LogP contribution in [0.1, 0.15) is 10.4 Å². The smallest absolute Gasteiger partial charge is 0.249 e. The predicted molar refractivity (Wildman–Crippen MR) is 77.5 cm³/mol. The molecular formula is C13H11IN2O. The molecule has 0 aliphatic carbocycles. The third-order valence-corrected chi connectivity index (χ3v) is 3.65. The van der Waals surface area contributed by atoms with Gasteiger partial charge in [0.2, 0.25) is 5.91 Å². The lowest BCUT2D eigenvalue weighted by Crippen LogP contribution is -2.13. The lowest BCUT2D eigenvalue weighted by atomic mass is 10.0. The maximum atomic E-state index is 11.3. The molecule has 0 unspecified atom stereocenters. The standard InChI is InChI=1S/C13H11IN2O/c14-12-10(2-1-3-11(12)13(16)17)8-4-6-9(15)7-5-8/h1-7H,15H2,(H2,16,17). The number of hydrogen-bond acceptors (Lipinski definition) is 2. The maximum Gasteiger partial charge on any atom is 0.249 e. The van der Waals surface area contributed by atoms with Crippen molar-refractivity contribution in [2.75, 3.05) is 5.73 Å². The van der Waals surface area contributed by atoms with E-state index in [1.165, 1.54) is 0 Å². The average molecular weight is 338 g/mol. The van der Waals surface area contributed by atoms with Gasteiger partial charge in [-0.2, -0.15) is 0 Å². The Bertz CT molecular complexity index is 564. The fraction of sp³-hybridized carbons (Fsp3) is 0. The van der Waals surface area contributed by atoms with Crippen molar-refractivity contribution in [2.45, 2.75) is 0 Å². The summed E-state index contributed by atoms with van der Waals surface area (Å²) < 4.78 is 0.863. The van der Waals surface area contributed by atoms with Crippen molar-refractivity contribution in [3.05, 3.63) is 51.6 Å². The van der Waals surface area contributed by atoms with Crippen molar-refractivity contribution in [2.24, 2.45) is 5.73 Å². The van der Waals surface area contributed by atoms with E-state index in [1.54, 1.807) is 6.07 Å². The molecule has 0 aliphatic rings. The molecular weight excluding hydrogens is 327 g/mol. The molecule has 86 valence electrons. The predicted octanol–water partition coefficient (Wildman–Crippen LogP) is 2.64. The van der Waals surface area contributed by atoms with Gasteiger partial charge in [-0.15, -0.1) is 0 Å². The van der Waals surface area contributed by atoms with E-state index in [1.807, 2.05) is 36.4 Å². The molecule has 0 fully saturated rings. The second kappa shape index (κ2) is 4.75. The monoisotopic (exact) mass is 338 g/mol. The highest BCUT2D eigenvalue weighted by molar-refractivity contribution is 14.1. The summed E-state index contributed by atoms with van der Waals surface area (Å²) in [6.45, 7) is 0. The topological polar surface area (TPSA) is 69.1 Å². The molecule has 4 heteroatoms. The van der Waals surface area contributed by atoms with E-state index in [4.69, 9.17) is 11.5 Å². The van der Waals surface area contributed by atoms with Gasteiger partial charge in [0.1, 0.15) is 0 Å². The van der Waals surface area contributed by atoms with E-state index in [-0.39, 0.29) is 0 Å². The summed E-state index contributed by atoms with van der Waals surface area (Å²) in [6.07, 6.45) is 0. The molecule has 0 saturated heterocycles. The van der Waals surface area contributed by atoms with Gasteiger partial charge in [-0.25, -0.2) is 0 Å². The number of carbonyl (C=O) groups excluding carboxylic acids is 1. The molecule has 17 heavy (non-hydrogen) atoms. The van der Waals surface area contributed by atoms with Crippen LogP contribution < -0.4 is 11.5 Å². The summed E-state index contributed by atoms with van der Waals surface area (Å²) in [5.41, 5.74) is 14.2. The molecule has 0 spiro atoms. The summed E-state index contributed by atoms with van der Waals surface area (Å²) in [5.74, 6) is -0.410. The normalized spacial score (nSPS) is 10.2. The zero-order valence-electron chi connectivity index (χ0n) is 8.98. The Morgan fingerprint density at radius 2 is 1.71 bits per heavy atom. The second-order valence-electron chi connectivity index (χ2n) is 3.65. The van der Waals surface area contributed by atoms with Gasteiger partial charge in [0.15, 0.2) is 0 Å². The van der Waals surface area contributed by atoms with Gasteiger partial charge in [-0.3, -0.25) is 4.79 Å². The maximum absolute atomic E-state index is 11.3. The first-order valence-electron chi connectivity index (χ1n) is 5.04. The molecule has 0 aliphatic heterocycles. The number of primary amides is 1. The highest BCUT2D eigenvalue weighted by Gasteiger charge is 2.10. The van der Waals surface area contributed by atoms with Crippen LogP contribution in [-0.2, 0) is 0 Å². The molecule has 4 N–H and O–H groups in total. The minimum atomic E-state index is -0.410. The van der Waals surface area contributed by atoms with Crippen molar-refractivity contribution in [1.82, 2.24) is 0 Å². The van der Waals surface area contributed by atoms with Crippen LogP contribution in [0.5, 0.6) is 0 Å². The van der Waals surface area contributed by atoms with Crippen molar-refractivity contribution in [1.29, 1.82) is 0 Å². The summed E-state index contributed by atoms with van der Waals surface area (Å²) in [6, 6.07) is 13.0. The van der Waals surface area contributed by atoms with Crippen LogP contribution in [0.4, 0.5) is 5.69 Å². The van der Waals surface area contributed by atoms with Gasteiger partial charge in [-0.05, 0) is 51.9 Å². The van der Waals surface area contributed by atoms with Crippen molar-refractivity contribution >= 4 is 34.2 Å². The largest absolute Gasteiger partial charge is 0.399 e. The van der Waals surface area contributed by atoms with E-state index in [9.17, 15) is 4.79 Å². The van der Waals surface area contributed by atoms with Gasteiger partial charge in [0.05, 0.1) is 5.56 Å². The Morgan fingerprint density at radius 1 is 1.06 bits per heavy atom. The molecule has 0 saturated carbocycles. The molecule has 1 amide bonds. The molecule has 0 atom stereocenters. The SMILES string of the molecule is NC(=O)c1cccc(-c2ccc(N)cc2)c1I. The third kappa shape index (κ3) is 2.41. The quantitative estimate of drug-likeness (QED) is 0.653. The zero-order valence-corrected chi connectivity index (χ0v) is 11.1. The molecule has 2 rings (SSSR count). The van der Waals surface area contributed by atoms with Crippen molar-refractivity contribution in [3.63, 3.8) is 0 Å². The first kappa shape index (κ1) is 11.9.